The van der Waals surface area contributed by atoms with Crippen LogP contribution in [-0.4, -0.2) is 83.9 Å². The first-order chi connectivity index (χ1) is 34.3. The highest BCUT2D eigenvalue weighted by atomic mass is 16.8. The summed E-state index contributed by atoms with van der Waals surface area (Å²) in [4.78, 5) is 36.9. The molecule has 1 saturated heterocycles. The average molecular weight is 964 g/mol. The lowest BCUT2D eigenvalue weighted by Crippen LogP contribution is -2.70. The maximum Gasteiger partial charge on any atom is 0.412 e. The molecule has 3 aromatic carbocycles. The summed E-state index contributed by atoms with van der Waals surface area (Å²) in [7, 11) is 0. The number of nitrogens with zero attached hydrogens (tertiary/aromatic N) is 2. The number of hydrogen-bond donors (Lipinski definition) is 3. The Hall–Kier alpha value is -4.75. The third-order valence-corrected chi connectivity index (χ3v) is 15.0. The SMILES string of the molecule is C=CCOC12Oc3ccc(OC(=O)NCC)cc3C3C(CCCCO)C(CCCCO)C=C(C(=NOC4CCCCO4)CC1N(Cc1cccc4ccccc14)C(=O)CCCCCCCCCCC)C32. The van der Waals surface area contributed by atoms with E-state index >= 15 is 4.79 Å². The summed E-state index contributed by atoms with van der Waals surface area (Å²) in [6.07, 6.45) is 21.2. The maximum absolute atomic E-state index is 15.5. The number of carbonyl (C=O) groups is 2. The second kappa shape index (κ2) is 27.2. The van der Waals surface area contributed by atoms with Gasteiger partial charge in [-0.05, 0) is 104 Å². The van der Waals surface area contributed by atoms with E-state index in [9.17, 15) is 15.0 Å². The second-order valence-corrected chi connectivity index (χ2v) is 19.8. The van der Waals surface area contributed by atoms with Crippen LogP contribution in [0.5, 0.6) is 11.5 Å². The van der Waals surface area contributed by atoms with E-state index < -0.39 is 30.1 Å². The van der Waals surface area contributed by atoms with E-state index in [0.29, 0.717) is 56.9 Å². The Morgan fingerprint density at radius 1 is 0.900 bits per heavy atom. The molecule has 0 spiro atoms. The molecule has 12 heteroatoms. The molecule has 0 bridgehead atoms. The van der Waals surface area contributed by atoms with Gasteiger partial charge < -0.3 is 44.2 Å². The third kappa shape index (κ3) is 13.2. The van der Waals surface area contributed by atoms with Gasteiger partial charge in [0.05, 0.1) is 24.8 Å². The number of allylic oxidation sites excluding steroid dienone is 1. The normalized spacial score (nSPS) is 24.2. The molecule has 382 valence electrons. The Morgan fingerprint density at radius 3 is 2.40 bits per heavy atom. The predicted molar refractivity (Wildman–Crippen MR) is 276 cm³/mol. The highest BCUT2D eigenvalue weighted by Crippen LogP contribution is 2.62. The molecule has 4 aliphatic rings. The van der Waals surface area contributed by atoms with E-state index in [0.717, 1.165) is 97.4 Å². The van der Waals surface area contributed by atoms with Crippen LogP contribution < -0.4 is 14.8 Å². The number of unbranched alkanes of at least 4 members (excludes halogenated alkanes) is 10. The van der Waals surface area contributed by atoms with E-state index in [1.165, 1.54) is 38.5 Å². The summed E-state index contributed by atoms with van der Waals surface area (Å²) in [5, 5.41) is 30.1. The van der Waals surface area contributed by atoms with Gasteiger partial charge in [-0.1, -0.05) is 131 Å². The molecule has 0 aromatic heterocycles. The van der Waals surface area contributed by atoms with Crippen molar-refractivity contribution in [2.45, 2.75) is 173 Å². The number of oxime groups is 1. The fourth-order valence-electron chi connectivity index (χ4n) is 11.6. The van der Waals surface area contributed by atoms with Crippen molar-refractivity contribution in [2.75, 3.05) is 33.0 Å². The smallest absolute Gasteiger partial charge is 0.412 e. The van der Waals surface area contributed by atoms with Gasteiger partial charge in [-0.2, -0.15) is 0 Å². The van der Waals surface area contributed by atoms with Crippen LogP contribution in [0.25, 0.3) is 10.8 Å². The quantitative estimate of drug-likeness (QED) is 0.0367. The lowest BCUT2D eigenvalue weighted by Gasteiger charge is -2.60. The van der Waals surface area contributed by atoms with E-state index in [2.05, 4.69) is 55.2 Å². The number of nitrogens with one attached hydrogen (secondary N) is 1. The van der Waals surface area contributed by atoms with Crippen LogP contribution in [0.15, 0.2) is 90.1 Å². The molecular weight excluding hydrogens is 883 g/mol. The number of rotatable bonds is 28. The molecule has 7 unspecified atom stereocenters. The highest BCUT2D eigenvalue weighted by molar-refractivity contribution is 6.03. The second-order valence-electron chi connectivity index (χ2n) is 19.8. The molecule has 7 atom stereocenters. The van der Waals surface area contributed by atoms with Crippen LogP contribution in [0, 0.1) is 17.8 Å². The summed E-state index contributed by atoms with van der Waals surface area (Å²) in [5.41, 5.74) is 3.59. The van der Waals surface area contributed by atoms with E-state index in [-0.39, 0.29) is 43.5 Å². The monoisotopic (exact) mass is 964 g/mol. The summed E-state index contributed by atoms with van der Waals surface area (Å²) >= 11 is 0. The van der Waals surface area contributed by atoms with E-state index in [4.69, 9.17) is 28.9 Å². The lowest BCUT2D eigenvalue weighted by molar-refractivity contribution is -0.258. The van der Waals surface area contributed by atoms with Crippen LogP contribution in [0.4, 0.5) is 4.79 Å². The molecule has 2 aliphatic heterocycles. The van der Waals surface area contributed by atoms with Gasteiger partial charge in [0.15, 0.2) is 0 Å². The standard InChI is InChI=1S/C58H81N3O9/c1-4-7-8-9-10-11-12-13-14-30-53(64)61(41-44-27-23-26-42-24-15-16-28-46(42)44)52-40-50(60-70-54-31-19-22-37-66-54)48-38-43(25-17-20-34-62)47(29-18-21-35-63)55-49-39-45(68-57(65)59-6-3)32-33-51(49)69-58(52,56(48)55)67-36-5-2/h5,15-16,23-24,26-28,32-33,38-39,43,47,52,54-56,62-63H,2,4,6-14,17-22,25,29-31,34-37,40-41H2,1,3H3,(H,59,65). The minimum atomic E-state index is -1.43. The van der Waals surface area contributed by atoms with E-state index in [1.54, 1.807) is 12.1 Å². The molecule has 1 saturated carbocycles. The van der Waals surface area contributed by atoms with Crippen LogP contribution in [0.3, 0.4) is 0 Å². The highest BCUT2D eigenvalue weighted by Gasteiger charge is 2.65. The Morgan fingerprint density at radius 2 is 1.66 bits per heavy atom. The van der Waals surface area contributed by atoms with Crippen molar-refractivity contribution in [3.63, 3.8) is 0 Å². The van der Waals surface area contributed by atoms with Gasteiger partial charge >= 0.3 is 6.09 Å². The molecule has 2 amide bonds. The van der Waals surface area contributed by atoms with Gasteiger partial charge in [0.1, 0.15) is 17.5 Å². The minimum Gasteiger partial charge on any atom is -0.459 e. The van der Waals surface area contributed by atoms with E-state index in [1.807, 2.05) is 36.1 Å². The number of fused-ring (bicyclic) bond motifs is 3. The lowest BCUT2D eigenvalue weighted by atomic mass is 9.55. The molecule has 2 heterocycles. The molecule has 12 nitrogen and oxygen atoms in total. The maximum atomic E-state index is 15.5. The Kier molecular flexibility index (Phi) is 20.6. The number of aliphatic hydroxyl groups excluding tert-OH is 2. The molecule has 0 radical (unpaired) electrons. The van der Waals surface area contributed by atoms with Gasteiger partial charge in [0, 0.05) is 57.0 Å². The first-order valence-corrected chi connectivity index (χ1v) is 26.9. The fraction of sp³-hybridized carbons (Fsp3) is 0.603. The number of benzene rings is 3. The summed E-state index contributed by atoms with van der Waals surface area (Å²) in [5.74, 6) is -1.12. The topological polar surface area (TPSA) is 148 Å². The van der Waals surface area contributed by atoms with Crippen molar-refractivity contribution < 1.29 is 43.6 Å². The average Bonchev–Trinajstić information content (AvgIpc) is 3.37. The minimum absolute atomic E-state index is 0.0138. The molecule has 2 fully saturated rings. The van der Waals surface area contributed by atoms with Crippen molar-refractivity contribution in [1.82, 2.24) is 10.2 Å². The zero-order valence-corrected chi connectivity index (χ0v) is 42.1. The van der Waals surface area contributed by atoms with Gasteiger partial charge in [0.2, 0.25) is 18.0 Å². The molecule has 2 aliphatic carbocycles. The van der Waals surface area contributed by atoms with Crippen molar-refractivity contribution in [3.05, 3.63) is 96.1 Å². The molecule has 7 rings (SSSR count). The number of aliphatic hydroxyl groups is 2. The number of ether oxygens (including phenoxy) is 4. The number of carbonyl (C=O) groups excluding carboxylic acids is 2. The summed E-state index contributed by atoms with van der Waals surface area (Å²) in [6.45, 7) is 9.89. The third-order valence-electron chi connectivity index (χ3n) is 15.0. The predicted octanol–water partition coefficient (Wildman–Crippen LogP) is 12.1. The van der Waals surface area contributed by atoms with Crippen LogP contribution >= 0.6 is 0 Å². The van der Waals surface area contributed by atoms with Crippen LogP contribution in [0.1, 0.15) is 159 Å². The van der Waals surface area contributed by atoms with Gasteiger partial charge in [-0.25, -0.2) is 4.79 Å². The van der Waals surface area contributed by atoms with Crippen molar-refractivity contribution in [3.8, 4) is 11.5 Å². The zero-order chi connectivity index (χ0) is 49.1. The van der Waals surface area contributed by atoms with Crippen LogP contribution in [0.2, 0.25) is 0 Å². The van der Waals surface area contributed by atoms with Gasteiger partial charge in [-0.15, -0.1) is 6.58 Å². The number of hydrogen-bond acceptors (Lipinski definition) is 10. The Balaban J connectivity index is 1.40. The summed E-state index contributed by atoms with van der Waals surface area (Å²) < 4.78 is 26.8. The fourth-order valence-corrected chi connectivity index (χ4v) is 11.6. The first kappa shape index (κ1) is 53.1. The Bertz CT molecular complexity index is 2200. The van der Waals surface area contributed by atoms with Crippen molar-refractivity contribution in [1.29, 1.82) is 0 Å². The summed E-state index contributed by atoms with van der Waals surface area (Å²) in [6, 6.07) is 19.5. The zero-order valence-electron chi connectivity index (χ0n) is 42.1. The van der Waals surface area contributed by atoms with Crippen LogP contribution in [-0.2, 0) is 25.7 Å². The van der Waals surface area contributed by atoms with Gasteiger partial charge in [-0.3, -0.25) is 4.79 Å². The molecule has 3 N–H and O–H groups in total. The van der Waals surface area contributed by atoms with Crippen molar-refractivity contribution >= 4 is 28.5 Å². The molecule has 3 aromatic rings. The van der Waals surface area contributed by atoms with Gasteiger partial charge in [0.25, 0.3) is 0 Å². The van der Waals surface area contributed by atoms with Crippen molar-refractivity contribution in [2.24, 2.45) is 22.9 Å². The molecule has 70 heavy (non-hydrogen) atoms. The largest absolute Gasteiger partial charge is 0.459 e. The molecular formula is C58H81N3O9. The first-order valence-electron chi connectivity index (χ1n) is 26.9. The Labute approximate surface area is 417 Å². The number of amides is 2.